The Morgan fingerprint density at radius 3 is 3.12 bits per heavy atom. The van der Waals surface area contributed by atoms with Crippen LogP contribution < -0.4 is 10.6 Å². The van der Waals surface area contributed by atoms with Crippen molar-refractivity contribution < 1.29 is 9.90 Å². The van der Waals surface area contributed by atoms with E-state index in [9.17, 15) is 9.90 Å². The number of hydrogen-bond donors (Lipinski definition) is 3. The number of aliphatic hydroxyl groups is 1. The zero-order valence-electron chi connectivity index (χ0n) is 14.3. The summed E-state index contributed by atoms with van der Waals surface area (Å²) in [6, 6.07) is 1.77. The summed E-state index contributed by atoms with van der Waals surface area (Å²) < 4.78 is 0. The van der Waals surface area contributed by atoms with Crippen LogP contribution in [-0.2, 0) is 4.79 Å². The number of anilines is 1. The number of amides is 1. The number of aromatic nitrogens is 3. The Hall–Kier alpha value is -2.10. The van der Waals surface area contributed by atoms with E-state index in [2.05, 4.69) is 15.0 Å². The maximum absolute atomic E-state index is 12.9. The summed E-state index contributed by atoms with van der Waals surface area (Å²) in [5.41, 5.74) is 6.89. The number of piperidine rings is 1. The van der Waals surface area contributed by atoms with Crippen LogP contribution in [-0.4, -0.2) is 68.9 Å². The number of nitrogens with two attached hydrogens (primary N) is 1. The van der Waals surface area contributed by atoms with E-state index in [4.69, 9.17) is 5.73 Å². The molecule has 138 valence electrons. The van der Waals surface area contributed by atoms with E-state index in [0.29, 0.717) is 18.0 Å². The molecule has 4 N–H and O–H groups in total. The normalized spacial score (nSPS) is 24.0. The largest absolute Gasteiger partial charge is 0.396 e. The Labute approximate surface area is 155 Å². The second-order valence-corrected chi connectivity index (χ2v) is 7.76. The smallest absolute Gasteiger partial charge is 0.261 e. The molecule has 0 aromatic carbocycles. The van der Waals surface area contributed by atoms with E-state index < -0.39 is 0 Å². The molecule has 4 heterocycles. The molecule has 2 aliphatic heterocycles. The minimum absolute atomic E-state index is 0.00547. The van der Waals surface area contributed by atoms with Crippen molar-refractivity contribution in [3.05, 3.63) is 29.7 Å². The Kier molecular flexibility index (Phi) is 4.84. The van der Waals surface area contributed by atoms with Gasteiger partial charge in [-0.15, -0.1) is 11.8 Å². The zero-order valence-corrected chi connectivity index (χ0v) is 15.2. The first-order chi connectivity index (χ1) is 12.7. The van der Waals surface area contributed by atoms with Gasteiger partial charge in [-0.2, -0.15) is 0 Å². The van der Waals surface area contributed by atoms with Gasteiger partial charge in [0.2, 0.25) is 0 Å². The molecule has 2 atom stereocenters. The summed E-state index contributed by atoms with van der Waals surface area (Å²) in [6.45, 7) is 1.97. The van der Waals surface area contributed by atoms with Crippen LogP contribution in [0, 0.1) is 5.92 Å². The van der Waals surface area contributed by atoms with Crippen LogP contribution in [0.4, 0.5) is 5.82 Å². The van der Waals surface area contributed by atoms with Crippen molar-refractivity contribution in [2.24, 2.45) is 11.7 Å². The van der Waals surface area contributed by atoms with Gasteiger partial charge in [-0.25, -0.2) is 9.97 Å². The molecule has 0 bridgehead atoms. The number of H-pyrrole nitrogens is 1. The van der Waals surface area contributed by atoms with Crippen molar-refractivity contribution in [2.45, 2.75) is 12.5 Å². The van der Waals surface area contributed by atoms with Gasteiger partial charge in [0.15, 0.2) is 0 Å². The maximum Gasteiger partial charge on any atom is 0.261 e. The van der Waals surface area contributed by atoms with E-state index >= 15 is 0 Å². The van der Waals surface area contributed by atoms with E-state index in [1.807, 2.05) is 23.4 Å². The summed E-state index contributed by atoms with van der Waals surface area (Å²) in [5.74, 6) is 1.70. The van der Waals surface area contributed by atoms with Crippen LogP contribution in [0.3, 0.4) is 0 Å². The minimum Gasteiger partial charge on any atom is -0.396 e. The Morgan fingerprint density at radius 2 is 2.31 bits per heavy atom. The SMILES string of the molecule is N[C@H]1CN(C(=O)C2=CN(c3ncnc4[nH]ccc34)CCS2)CC[C@@H]1CO. The van der Waals surface area contributed by atoms with E-state index in [1.165, 1.54) is 6.33 Å². The summed E-state index contributed by atoms with van der Waals surface area (Å²) in [6.07, 6.45) is 5.99. The standard InChI is InChI=1S/C17H22N6O2S/c18-13-7-23(4-2-11(13)9-24)17(25)14-8-22(5-6-26-14)16-12-1-3-19-15(12)20-10-21-16/h1,3,8,10-11,13,24H,2,4-7,9,18H2,(H,19,20,21)/t11-,13+/m1/s1. The molecule has 26 heavy (non-hydrogen) atoms. The molecular formula is C17H22N6O2S. The lowest BCUT2D eigenvalue weighted by Crippen LogP contribution is -2.51. The maximum atomic E-state index is 12.9. The van der Waals surface area contributed by atoms with Gasteiger partial charge in [-0.05, 0) is 12.5 Å². The van der Waals surface area contributed by atoms with Gasteiger partial charge in [0.05, 0.1) is 10.3 Å². The fourth-order valence-corrected chi connectivity index (χ4v) is 4.43. The Balaban J connectivity index is 1.55. The second kappa shape index (κ2) is 7.26. The highest BCUT2D eigenvalue weighted by Crippen LogP contribution is 2.30. The van der Waals surface area contributed by atoms with Gasteiger partial charge < -0.3 is 25.6 Å². The molecule has 4 rings (SSSR count). The van der Waals surface area contributed by atoms with Gasteiger partial charge in [-0.3, -0.25) is 4.79 Å². The van der Waals surface area contributed by atoms with Gasteiger partial charge in [0.1, 0.15) is 17.8 Å². The minimum atomic E-state index is -0.177. The first kappa shape index (κ1) is 17.3. The third-order valence-electron chi connectivity index (χ3n) is 5.01. The van der Waals surface area contributed by atoms with Gasteiger partial charge >= 0.3 is 0 Å². The van der Waals surface area contributed by atoms with Crippen molar-refractivity contribution in [3.8, 4) is 0 Å². The molecule has 9 heteroatoms. The van der Waals surface area contributed by atoms with Crippen molar-refractivity contribution in [1.29, 1.82) is 0 Å². The number of carbonyl (C=O) groups excluding carboxylic acids is 1. The lowest BCUT2D eigenvalue weighted by Gasteiger charge is -2.37. The third kappa shape index (κ3) is 3.17. The molecule has 2 aliphatic rings. The first-order valence-electron chi connectivity index (χ1n) is 8.72. The monoisotopic (exact) mass is 374 g/mol. The van der Waals surface area contributed by atoms with Crippen molar-refractivity contribution in [2.75, 3.05) is 36.9 Å². The van der Waals surface area contributed by atoms with Gasteiger partial charge in [0.25, 0.3) is 5.91 Å². The van der Waals surface area contributed by atoms with Crippen LogP contribution in [0.25, 0.3) is 11.0 Å². The van der Waals surface area contributed by atoms with Crippen LogP contribution in [0.15, 0.2) is 29.7 Å². The third-order valence-corrected chi connectivity index (χ3v) is 5.98. The van der Waals surface area contributed by atoms with Crippen LogP contribution in [0.2, 0.25) is 0 Å². The number of carbonyl (C=O) groups is 1. The molecule has 0 radical (unpaired) electrons. The quantitative estimate of drug-likeness (QED) is 0.718. The first-order valence-corrected chi connectivity index (χ1v) is 9.71. The average Bonchev–Trinajstić information content (AvgIpc) is 3.16. The highest BCUT2D eigenvalue weighted by molar-refractivity contribution is 8.04. The topological polar surface area (TPSA) is 111 Å². The van der Waals surface area contributed by atoms with Crippen LogP contribution in [0.5, 0.6) is 0 Å². The number of aromatic amines is 1. The molecular weight excluding hydrogens is 352 g/mol. The number of hydrogen-bond acceptors (Lipinski definition) is 7. The molecule has 2 aromatic heterocycles. The zero-order chi connectivity index (χ0) is 18.1. The average molecular weight is 374 g/mol. The highest BCUT2D eigenvalue weighted by atomic mass is 32.2. The number of rotatable bonds is 3. The van der Waals surface area contributed by atoms with Crippen molar-refractivity contribution in [3.63, 3.8) is 0 Å². The van der Waals surface area contributed by atoms with E-state index in [0.717, 1.165) is 35.6 Å². The highest BCUT2D eigenvalue weighted by Gasteiger charge is 2.31. The van der Waals surface area contributed by atoms with Crippen molar-refractivity contribution >= 4 is 34.5 Å². The molecule has 2 aromatic rings. The number of likely N-dealkylation sites (tertiary alicyclic amines) is 1. The summed E-state index contributed by atoms with van der Waals surface area (Å²) in [5, 5.41) is 10.3. The second-order valence-electron chi connectivity index (χ2n) is 6.62. The molecule has 1 saturated heterocycles. The summed E-state index contributed by atoms with van der Waals surface area (Å²) >= 11 is 1.57. The fraction of sp³-hybridized carbons (Fsp3) is 0.471. The summed E-state index contributed by atoms with van der Waals surface area (Å²) in [7, 11) is 0. The number of fused-ring (bicyclic) bond motifs is 1. The predicted molar refractivity (Wildman–Crippen MR) is 102 cm³/mol. The number of nitrogens with zero attached hydrogens (tertiary/aromatic N) is 4. The van der Waals surface area contributed by atoms with Crippen LogP contribution in [0.1, 0.15) is 6.42 Å². The molecule has 0 saturated carbocycles. The van der Waals surface area contributed by atoms with Gasteiger partial charge in [0, 0.05) is 56.4 Å². The van der Waals surface area contributed by atoms with Crippen molar-refractivity contribution in [1.82, 2.24) is 19.9 Å². The fourth-order valence-electron chi connectivity index (χ4n) is 3.47. The molecule has 0 unspecified atom stereocenters. The van der Waals surface area contributed by atoms with E-state index in [-0.39, 0.29) is 24.5 Å². The van der Waals surface area contributed by atoms with Crippen LogP contribution >= 0.6 is 11.8 Å². The van der Waals surface area contributed by atoms with Gasteiger partial charge in [-0.1, -0.05) is 0 Å². The molecule has 0 spiro atoms. The molecule has 1 amide bonds. The number of nitrogens with one attached hydrogen (secondary N) is 1. The number of thioether (sulfide) groups is 1. The lowest BCUT2D eigenvalue weighted by molar-refractivity contribution is -0.128. The lowest BCUT2D eigenvalue weighted by atomic mass is 9.93. The number of aliphatic hydroxyl groups excluding tert-OH is 1. The molecule has 8 nitrogen and oxygen atoms in total. The predicted octanol–water partition coefficient (Wildman–Crippen LogP) is 0.521. The Morgan fingerprint density at radius 1 is 1.42 bits per heavy atom. The summed E-state index contributed by atoms with van der Waals surface area (Å²) in [4.78, 5) is 29.2. The molecule has 1 fully saturated rings. The Bertz CT molecular complexity index is 838. The van der Waals surface area contributed by atoms with E-state index in [1.54, 1.807) is 16.7 Å². The molecule has 0 aliphatic carbocycles.